The van der Waals surface area contributed by atoms with Crippen LogP contribution in [0.3, 0.4) is 0 Å². The van der Waals surface area contributed by atoms with Gasteiger partial charge in [-0.2, -0.15) is 0 Å². The smallest absolute Gasteiger partial charge is 0.221 e. The van der Waals surface area contributed by atoms with Crippen LogP contribution >= 0.6 is 11.3 Å². The highest BCUT2D eigenvalue weighted by Gasteiger charge is 2.07. The van der Waals surface area contributed by atoms with E-state index in [1.54, 1.807) is 17.7 Å². The maximum Gasteiger partial charge on any atom is 0.221 e. The first-order valence-electron chi connectivity index (χ1n) is 5.92. The van der Waals surface area contributed by atoms with Gasteiger partial charge in [0, 0.05) is 24.4 Å². The minimum absolute atomic E-state index is 0.0526. The summed E-state index contributed by atoms with van der Waals surface area (Å²) in [7, 11) is 0. The number of nitrogens with one attached hydrogen (secondary N) is 2. The Hall–Kier alpha value is -1.69. The SMILES string of the molecule is CCNC(=O)CCNc1ncnc2sc(C)cc12. The summed E-state index contributed by atoms with van der Waals surface area (Å²) in [6.07, 6.45) is 2.00. The number of aryl methyl sites for hydroxylation is 1. The van der Waals surface area contributed by atoms with E-state index in [1.807, 2.05) is 13.8 Å². The third kappa shape index (κ3) is 2.95. The molecule has 0 fully saturated rings. The summed E-state index contributed by atoms with van der Waals surface area (Å²) in [5, 5.41) is 6.97. The molecule has 0 aliphatic heterocycles. The number of rotatable bonds is 5. The van der Waals surface area contributed by atoms with E-state index in [0.29, 0.717) is 19.5 Å². The Labute approximate surface area is 110 Å². The Bertz CT molecular complexity index is 552. The van der Waals surface area contributed by atoms with Crippen LogP contribution in [0.5, 0.6) is 0 Å². The number of aromatic nitrogens is 2. The van der Waals surface area contributed by atoms with Gasteiger partial charge < -0.3 is 10.6 Å². The quantitative estimate of drug-likeness (QED) is 0.866. The highest BCUT2D eigenvalue weighted by Crippen LogP contribution is 2.27. The molecule has 1 amide bonds. The molecule has 5 nitrogen and oxygen atoms in total. The number of carbonyl (C=O) groups excluding carboxylic acids is 1. The molecule has 18 heavy (non-hydrogen) atoms. The van der Waals surface area contributed by atoms with Crippen molar-refractivity contribution in [3.8, 4) is 0 Å². The minimum Gasteiger partial charge on any atom is -0.369 e. The van der Waals surface area contributed by atoms with Gasteiger partial charge in [0.1, 0.15) is 17.0 Å². The van der Waals surface area contributed by atoms with Gasteiger partial charge >= 0.3 is 0 Å². The first kappa shape index (κ1) is 12.8. The molecule has 2 aromatic heterocycles. The average molecular weight is 264 g/mol. The van der Waals surface area contributed by atoms with E-state index in [2.05, 4.69) is 26.7 Å². The van der Waals surface area contributed by atoms with Crippen LogP contribution in [-0.4, -0.2) is 29.0 Å². The molecule has 2 rings (SSSR count). The predicted octanol–water partition coefficient (Wildman–Crippen LogP) is 1.94. The fourth-order valence-electron chi connectivity index (χ4n) is 1.70. The number of thiophene rings is 1. The summed E-state index contributed by atoms with van der Waals surface area (Å²) in [4.78, 5) is 21.9. The van der Waals surface area contributed by atoms with E-state index in [9.17, 15) is 4.79 Å². The van der Waals surface area contributed by atoms with Crippen LogP contribution in [0.1, 0.15) is 18.2 Å². The number of anilines is 1. The molecule has 2 aromatic rings. The Kier molecular flexibility index (Phi) is 4.09. The summed E-state index contributed by atoms with van der Waals surface area (Å²) < 4.78 is 0. The van der Waals surface area contributed by atoms with Crippen molar-refractivity contribution in [2.45, 2.75) is 20.3 Å². The van der Waals surface area contributed by atoms with Crippen molar-refractivity contribution >= 4 is 33.3 Å². The summed E-state index contributed by atoms with van der Waals surface area (Å²) in [6.45, 7) is 5.20. The molecule has 0 aliphatic carbocycles. The Balaban J connectivity index is 2.01. The van der Waals surface area contributed by atoms with Gasteiger partial charge in [-0.3, -0.25) is 4.79 Å². The molecule has 0 unspecified atom stereocenters. The lowest BCUT2D eigenvalue weighted by Gasteiger charge is -2.06. The maximum absolute atomic E-state index is 11.3. The molecule has 0 radical (unpaired) electrons. The van der Waals surface area contributed by atoms with E-state index < -0.39 is 0 Å². The van der Waals surface area contributed by atoms with Crippen molar-refractivity contribution in [3.63, 3.8) is 0 Å². The summed E-state index contributed by atoms with van der Waals surface area (Å²) in [5.74, 6) is 0.852. The highest BCUT2D eigenvalue weighted by atomic mass is 32.1. The summed E-state index contributed by atoms with van der Waals surface area (Å²) >= 11 is 1.64. The Morgan fingerprint density at radius 1 is 1.44 bits per heavy atom. The average Bonchev–Trinajstić information content (AvgIpc) is 2.70. The van der Waals surface area contributed by atoms with Crippen molar-refractivity contribution in [2.24, 2.45) is 0 Å². The molecule has 6 heteroatoms. The van der Waals surface area contributed by atoms with Crippen molar-refractivity contribution < 1.29 is 4.79 Å². The third-order valence-electron chi connectivity index (χ3n) is 2.47. The second kappa shape index (κ2) is 5.77. The molecule has 0 aromatic carbocycles. The minimum atomic E-state index is 0.0526. The van der Waals surface area contributed by atoms with E-state index in [1.165, 1.54) is 4.88 Å². The number of carbonyl (C=O) groups is 1. The molecule has 0 bridgehead atoms. The largest absolute Gasteiger partial charge is 0.369 e. The molecule has 0 spiro atoms. The van der Waals surface area contributed by atoms with E-state index >= 15 is 0 Å². The lowest BCUT2D eigenvalue weighted by Crippen LogP contribution is -2.24. The van der Waals surface area contributed by atoms with Crippen molar-refractivity contribution in [3.05, 3.63) is 17.3 Å². The molecule has 0 atom stereocenters. The fourth-order valence-corrected chi connectivity index (χ4v) is 2.54. The van der Waals surface area contributed by atoms with E-state index in [-0.39, 0.29) is 5.91 Å². The van der Waals surface area contributed by atoms with Crippen LogP contribution in [-0.2, 0) is 4.79 Å². The van der Waals surface area contributed by atoms with Gasteiger partial charge in [-0.1, -0.05) is 0 Å². The van der Waals surface area contributed by atoms with Crippen LogP contribution in [0.4, 0.5) is 5.82 Å². The van der Waals surface area contributed by atoms with Gasteiger partial charge in [-0.05, 0) is 19.9 Å². The van der Waals surface area contributed by atoms with Crippen molar-refractivity contribution in [2.75, 3.05) is 18.4 Å². The molecule has 2 heterocycles. The zero-order valence-corrected chi connectivity index (χ0v) is 11.3. The van der Waals surface area contributed by atoms with Gasteiger partial charge in [0.25, 0.3) is 0 Å². The normalized spacial score (nSPS) is 10.6. The standard InChI is InChI=1S/C12H16N4OS/c1-3-13-10(17)4-5-14-11-9-6-8(2)18-12(9)16-7-15-11/h6-7H,3-5H2,1-2H3,(H,13,17)(H,14,15,16). The van der Waals surface area contributed by atoms with Gasteiger partial charge in [0.05, 0.1) is 5.39 Å². The van der Waals surface area contributed by atoms with Gasteiger partial charge in [-0.15, -0.1) is 11.3 Å². The monoisotopic (exact) mass is 264 g/mol. The first-order chi connectivity index (χ1) is 8.70. The summed E-state index contributed by atoms with van der Waals surface area (Å²) in [6, 6.07) is 2.06. The number of hydrogen-bond acceptors (Lipinski definition) is 5. The second-order valence-corrected chi connectivity index (χ2v) is 5.16. The summed E-state index contributed by atoms with van der Waals surface area (Å²) in [5.41, 5.74) is 0. The van der Waals surface area contributed by atoms with Crippen LogP contribution in [0.25, 0.3) is 10.2 Å². The highest BCUT2D eigenvalue weighted by molar-refractivity contribution is 7.18. The van der Waals surface area contributed by atoms with Crippen LogP contribution in [0.15, 0.2) is 12.4 Å². The maximum atomic E-state index is 11.3. The molecule has 0 aliphatic rings. The Morgan fingerprint density at radius 2 is 2.28 bits per heavy atom. The molecule has 96 valence electrons. The molecular formula is C12H16N4OS. The third-order valence-corrected chi connectivity index (χ3v) is 3.43. The molecule has 0 saturated carbocycles. The lowest BCUT2D eigenvalue weighted by atomic mass is 10.3. The first-order valence-corrected chi connectivity index (χ1v) is 6.74. The second-order valence-electron chi connectivity index (χ2n) is 3.93. The number of hydrogen-bond donors (Lipinski definition) is 2. The van der Waals surface area contributed by atoms with E-state index in [0.717, 1.165) is 16.0 Å². The van der Waals surface area contributed by atoms with Crippen molar-refractivity contribution in [1.82, 2.24) is 15.3 Å². The van der Waals surface area contributed by atoms with Crippen molar-refractivity contribution in [1.29, 1.82) is 0 Å². The van der Waals surface area contributed by atoms with Gasteiger partial charge in [0.15, 0.2) is 0 Å². The molecule has 2 N–H and O–H groups in total. The number of amides is 1. The van der Waals surface area contributed by atoms with Crippen LogP contribution < -0.4 is 10.6 Å². The fraction of sp³-hybridized carbons (Fsp3) is 0.417. The van der Waals surface area contributed by atoms with Gasteiger partial charge in [-0.25, -0.2) is 9.97 Å². The Morgan fingerprint density at radius 3 is 3.06 bits per heavy atom. The topological polar surface area (TPSA) is 66.9 Å². The van der Waals surface area contributed by atoms with Gasteiger partial charge in [0.2, 0.25) is 5.91 Å². The lowest BCUT2D eigenvalue weighted by molar-refractivity contribution is -0.120. The predicted molar refractivity (Wildman–Crippen MR) is 73.9 cm³/mol. The zero-order valence-electron chi connectivity index (χ0n) is 10.5. The van der Waals surface area contributed by atoms with Crippen LogP contribution in [0.2, 0.25) is 0 Å². The van der Waals surface area contributed by atoms with Crippen LogP contribution in [0, 0.1) is 6.92 Å². The molecule has 0 saturated heterocycles. The van der Waals surface area contributed by atoms with E-state index in [4.69, 9.17) is 0 Å². The number of fused-ring (bicyclic) bond motifs is 1. The zero-order chi connectivity index (χ0) is 13.0. The molecular weight excluding hydrogens is 248 g/mol. The number of nitrogens with zero attached hydrogens (tertiary/aromatic N) is 2.